The Morgan fingerprint density at radius 2 is 1.79 bits per heavy atom. The number of benzene rings is 1. The van der Waals surface area contributed by atoms with Crippen molar-refractivity contribution in [2.24, 2.45) is 0 Å². The van der Waals surface area contributed by atoms with E-state index in [1.807, 2.05) is 51.1 Å². The number of hydrogen-bond donors (Lipinski definition) is 1. The first kappa shape index (κ1) is 19.7. The summed E-state index contributed by atoms with van der Waals surface area (Å²) in [5, 5.41) is 2.69. The molecule has 5 heteroatoms. The highest BCUT2D eigenvalue weighted by Gasteiger charge is 2.18. The molecule has 1 aromatic carbocycles. The van der Waals surface area contributed by atoms with Crippen LogP contribution in [0.3, 0.4) is 0 Å². The van der Waals surface area contributed by atoms with Gasteiger partial charge < -0.3 is 14.8 Å². The lowest BCUT2D eigenvalue weighted by Crippen LogP contribution is -2.25. The number of amides is 1. The first-order chi connectivity index (χ1) is 11.3. The van der Waals surface area contributed by atoms with Crippen LogP contribution >= 0.6 is 0 Å². The number of rotatable bonds is 8. The molecule has 0 aliphatic carbocycles. The van der Waals surface area contributed by atoms with Crippen molar-refractivity contribution in [1.82, 2.24) is 5.32 Å². The third kappa shape index (κ3) is 8.98. The molecule has 0 aliphatic rings. The normalized spacial score (nSPS) is 10.8. The predicted octanol–water partition coefficient (Wildman–Crippen LogP) is 3.98. The van der Waals surface area contributed by atoms with Crippen LogP contribution in [0, 0.1) is 0 Å². The lowest BCUT2D eigenvalue weighted by Gasteiger charge is -2.20. The number of unbranched alkanes of at least 4 members (excludes halogenated alkanes) is 1. The Morgan fingerprint density at radius 1 is 1.12 bits per heavy atom. The van der Waals surface area contributed by atoms with E-state index in [2.05, 4.69) is 11.9 Å². The fraction of sp³-hybridized carbons (Fsp3) is 0.474. The molecule has 0 atom stereocenters. The molecule has 0 radical (unpaired) electrons. The molecule has 0 bridgehead atoms. The van der Waals surface area contributed by atoms with Gasteiger partial charge in [-0.1, -0.05) is 36.9 Å². The fourth-order valence-electron chi connectivity index (χ4n) is 1.88. The highest BCUT2D eigenvalue weighted by atomic mass is 16.6. The van der Waals surface area contributed by atoms with Gasteiger partial charge >= 0.3 is 12.1 Å². The van der Waals surface area contributed by atoms with Crippen molar-refractivity contribution < 1.29 is 19.1 Å². The van der Waals surface area contributed by atoms with E-state index in [-0.39, 0.29) is 12.6 Å². The van der Waals surface area contributed by atoms with Gasteiger partial charge in [0.25, 0.3) is 0 Å². The van der Waals surface area contributed by atoms with Crippen molar-refractivity contribution in [3.63, 3.8) is 0 Å². The summed E-state index contributed by atoms with van der Waals surface area (Å²) in [6, 6.07) is 9.50. The van der Waals surface area contributed by atoms with Crippen LogP contribution in [0.25, 0.3) is 0 Å². The molecule has 1 amide bonds. The Kier molecular flexibility index (Phi) is 8.02. The van der Waals surface area contributed by atoms with Gasteiger partial charge in [0.2, 0.25) is 0 Å². The Labute approximate surface area is 144 Å². The maximum Gasteiger partial charge on any atom is 0.407 e. The first-order valence-electron chi connectivity index (χ1n) is 8.13. The fourth-order valence-corrected chi connectivity index (χ4v) is 1.88. The van der Waals surface area contributed by atoms with Gasteiger partial charge in [0.1, 0.15) is 12.2 Å². The molecule has 0 fully saturated rings. The second-order valence-electron chi connectivity index (χ2n) is 6.55. The zero-order chi connectivity index (χ0) is 18.0. The maximum atomic E-state index is 11.7. The standard InChI is InChI=1S/C19H27NO4/c1-15(17(21)24-19(2,3)4)10-8-9-13-20-18(22)23-14-16-11-6-5-7-12-16/h5-7,11-12H,1,8-10,13-14H2,2-4H3,(H,20,22). The molecule has 5 nitrogen and oxygen atoms in total. The number of alkyl carbamates (subject to hydrolysis) is 1. The monoisotopic (exact) mass is 333 g/mol. The van der Waals surface area contributed by atoms with Gasteiger partial charge in [-0.2, -0.15) is 0 Å². The number of nitrogens with one attached hydrogen (secondary N) is 1. The zero-order valence-corrected chi connectivity index (χ0v) is 14.8. The highest BCUT2D eigenvalue weighted by molar-refractivity contribution is 5.87. The maximum absolute atomic E-state index is 11.7. The molecule has 1 aromatic rings. The third-order valence-electron chi connectivity index (χ3n) is 3.07. The average Bonchev–Trinajstić information content (AvgIpc) is 2.51. The number of ether oxygens (including phenoxy) is 2. The van der Waals surface area contributed by atoms with Gasteiger partial charge in [-0.15, -0.1) is 0 Å². The topological polar surface area (TPSA) is 64.6 Å². The van der Waals surface area contributed by atoms with Crippen molar-refractivity contribution in [2.45, 2.75) is 52.2 Å². The Balaban J connectivity index is 2.10. The van der Waals surface area contributed by atoms with Gasteiger partial charge in [0.05, 0.1) is 0 Å². The van der Waals surface area contributed by atoms with Crippen molar-refractivity contribution in [3.05, 3.63) is 48.0 Å². The van der Waals surface area contributed by atoms with Gasteiger partial charge in [-0.05, 0) is 45.6 Å². The summed E-state index contributed by atoms with van der Waals surface area (Å²) in [6.07, 6.45) is 1.60. The van der Waals surface area contributed by atoms with Crippen LogP contribution in [0.1, 0.15) is 45.6 Å². The number of carbonyl (C=O) groups excluding carboxylic acids is 2. The highest BCUT2D eigenvalue weighted by Crippen LogP contribution is 2.13. The molecule has 0 unspecified atom stereocenters. The zero-order valence-electron chi connectivity index (χ0n) is 14.8. The molecular weight excluding hydrogens is 306 g/mol. The number of carbonyl (C=O) groups is 2. The average molecular weight is 333 g/mol. The SMILES string of the molecule is C=C(CCCCNC(=O)OCc1ccccc1)C(=O)OC(C)(C)C. The summed E-state index contributed by atoms with van der Waals surface area (Å²) in [7, 11) is 0. The van der Waals surface area contributed by atoms with E-state index in [4.69, 9.17) is 9.47 Å². The molecule has 24 heavy (non-hydrogen) atoms. The van der Waals surface area contributed by atoms with E-state index in [9.17, 15) is 9.59 Å². The molecule has 1 rings (SSSR count). The third-order valence-corrected chi connectivity index (χ3v) is 3.07. The Hall–Kier alpha value is -2.30. The van der Waals surface area contributed by atoms with Crippen molar-refractivity contribution in [2.75, 3.05) is 6.54 Å². The minimum absolute atomic E-state index is 0.252. The first-order valence-corrected chi connectivity index (χ1v) is 8.13. The van der Waals surface area contributed by atoms with Gasteiger partial charge in [0.15, 0.2) is 0 Å². The van der Waals surface area contributed by atoms with Crippen LogP contribution in [0.2, 0.25) is 0 Å². The van der Waals surface area contributed by atoms with Crippen LogP contribution in [0.5, 0.6) is 0 Å². The minimum Gasteiger partial charge on any atom is -0.457 e. The van der Waals surface area contributed by atoms with Crippen LogP contribution in [0.4, 0.5) is 4.79 Å². The van der Waals surface area contributed by atoms with Crippen molar-refractivity contribution in [1.29, 1.82) is 0 Å². The molecular formula is C19H27NO4. The van der Waals surface area contributed by atoms with Crippen LogP contribution in [-0.4, -0.2) is 24.2 Å². The molecule has 0 saturated heterocycles. The smallest absolute Gasteiger partial charge is 0.407 e. The molecule has 0 aliphatic heterocycles. The lowest BCUT2D eigenvalue weighted by molar-refractivity contribution is -0.150. The van der Waals surface area contributed by atoms with Crippen LogP contribution in [0.15, 0.2) is 42.5 Å². The molecule has 0 saturated carbocycles. The molecule has 1 N–H and O–H groups in total. The van der Waals surface area contributed by atoms with Crippen molar-refractivity contribution >= 4 is 12.1 Å². The molecule has 0 aromatic heterocycles. The number of esters is 1. The summed E-state index contributed by atoms with van der Waals surface area (Å²) < 4.78 is 10.3. The second-order valence-corrected chi connectivity index (χ2v) is 6.55. The summed E-state index contributed by atoms with van der Waals surface area (Å²) in [5.74, 6) is -0.363. The van der Waals surface area contributed by atoms with Gasteiger partial charge in [-0.25, -0.2) is 9.59 Å². The molecule has 0 heterocycles. The van der Waals surface area contributed by atoms with E-state index in [1.165, 1.54) is 0 Å². The van der Waals surface area contributed by atoms with Gasteiger partial charge in [0, 0.05) is 12.1 Å². The second kappa shape index (κ2) is 9.75. The number of hydrogen-bond acceptors (Lipinski definition) is 4. The predicted molar refractivity (Wildman–Crippen MR) is 93.5 cm³/mol. The Morgan fingerprint density at radius 3 is 2.42 bits per heavy atom. The molecule has 0 spiro atoms. The minimum atomic E-state index is -0.510. The van der Waals surface area contributed by atoms with Crippen LogP contribution in [-0.2, 0) is 20.9 Å². The van der Waals surface area contributed by atoms with Crippen LogP contribution < -0.4 is 5.32 Å². The Bertz CT molecular complexity index is 546. The summed E-state index contributed by atoms with van der Waals surface area (Å²) >= 11 is 0. The summed E-state index contributed by atoms with van der Waals surface area (Å²) in [5.41, 5.74) is 0.891. The van der Waals surface area contributed by atoms with E-state index in [0.29, 0.717) is 18.5 Å². The van der Waals surface area contributed by atoms with E-state index >= 15 is 0 Å². The van der Waals surface area contributed by atoms with E-state index in [1.54, 1.807) is 0 Å². The molecule has 132 valence electrons. The van der Waals surface area contributed by atoms with Gasteiger partial charge in [-0.3, -0.25) is 0 Å². The lowest BCUT2D eigenvalue weighted by atomic mass is 10.1. The quantitative estimate of drug-likeness (QED) is 0.444. The van der Waals surface area contributed by atoms with E-state index < -0.39 is 11.7 Å². The largest absolute Gasteiger partial charge is 0.457 e. The summed E-state index contributed by atoms with van der Waals surface area (Å²) in [6.45, 7) is 9.96. The summed E-state index contributed by atoms with van der Waals surface area (Å²) in [4.78, 5) is 23.3. The van der Waals surface area contributed by atoms with E-state index in [0.717, 1.165) is 18.4 Å². The van der Waals surface area contributed by atoms with Crippen molar-refractivity contribution in [3.8, 4) is 0 Å².